The quantitative estimate of drug-likeness (QED) is 0.895. The molecule has 0 amide bonds. The van der Waals surface area contributed by atoms with Gasteiger partial charge in [0.05, 0.1) is 14.2 Å². The lowest BCUT2D eigenvalue weighted by atomic mass is 9.69. The van der Waals surface area contributed by atoms with E-state index in [1.165, 1.54) is 19.3 Å². The Morgan fingerprint density at radius 1 is 1.10 bits per heavy atom. The van der Waals surface area contributed by atoms with Crippen molar-refractivity contribution in [2.24, 2.45) is 16.7 Å². The van der Waals surface area contributed by atoms with E-state index in [1.807, 2.05) is 12.1 Å². The summed E-state index contributed by atoms with van der Waals surface area (Å²) in [7, 11) is 3.36. The second kappa shape index (κ2) is 4.82. The maximum atomic E-state index is 5.40. The summed E-state index contributed by atoms with van der Waals surface area (Å²) in [5.41, 5.74) is 1.94. The number of nitrogens with one attached hydrogen (secondary N) is 1. The maximum Gasteiger partial charge on any atom is 0.162 e. The first-order valence-corrected chi connectivity index (χ1v) is 7.91. The molecule has 2 bridgehead atoms. The Balaban J connectivity index is 1.82. The molecule has 21 heavy (non-hydrogen) atoms. The number of fused-ring (bicyclic) bond motifs is 2. The lowest BCUT2D eigenvalue weighted by molar-refractivity contribution is 0.142. The highest BCUT2D eigenvalue weighted by atomic mass is 16.5. The van der Waals surface area contributed by atoms with E-state index in [1.54, 1.807) is 14.2 Å². The number of hydrogen-bond donors (Lipinski definition) is 1. The van der Waals surface area contributed by atoms with Crippen LogP contribution in [0.15, 0.2) is 18.2 Å². The number of ether oxygens (including phenoxy) is 2. The summed E-state index contributed by atoms with van der Waals surface area (Å²) in [6.45, 7) is 7.35. The molecule has 2 fully saturated rings. The standard InChI is InChI=1S/C18H27NO2/c1-17(2)12-8-9-18(17,3)16(10-12)19-13-6-7-14(20-4)15(11-13)21-5/h6-7,11-12,16,19H,8-10H2,1-5H3. The van der Waals surface area contributed by atoms with E-state index in [4.69, 9.17) is 9.47 Å². The van der Waals surface area contributed by atoms with Crippen molar-refractivity contribution in [3.8, 4) is 11.5 Å². The van der Waals surface area contributed by atoms with Gasteiger partial charge in [-0.15, -0.1) is 0 Å². The fourth-order valence-electron chi connectivity index (χ4n) is 4.55. The van der Waals surface area contributed by atoms with Crippen LogP contribution in [0.2, 0.25) is 0 Å². The van der Waals surface area contributed by atoms with Gasteiger partial charge in [-0.25, -0.2) is 0 Å². The predicted octanol–water partition coefficient (Wildman–Crippen LogP) is 4.33. The van der Waals surface area contributed by atoms with Crippen LogP contribution in [-0.2, 0) is 0 Å². The number of rotatable bonds is 4. The summed E-state index contributed by atoms with van der Waals surface area (Å²) < 4.78 is 10.7. The molecule has 0 aromatic heterocycles. The van der Waals surface area contributed by atoms with E-state index in [0.717, 1.165) is 23.1 Å². The number of methoxy groups -OCH3 is 2. The molecule has 0 aliphatic heterocycles. The van der Waals surface area contributed by atoms with Crippen molar-refractivity contribution in [1.82, 2.24) is 0 Å². The average molecular weight is 289 g/mol. The van der Waals surface area contributed by atoms with E-state index >= 15 is 0 Å². The molecule has 2 saturated carbocycles. The van der Waals surface area contributed by atoms with Crippen LogP contribution in [0.3, 0.4) is 0 Å². The van der Waals surface area contributed by atoms with Crippen molar-refractivity contribution in [3.63, 3.8) is 0 Å². The topological polar surface area (TPSA) is 30.5 Å². The third kappa shape index (κ3) is 2.01. The lowest BCUT2D eigenvalue weighted by Crippen LogP contribution is -2.40. The summed E-state index contributed by atoms with van der Waals surface area (Å²) in [4.78, 5) is 0. The van der Waals surface area contributed by atoms with Gasteiger partial charge in [0.2, 0.25) is 0 Å². The second-order valence-corrected chi connectivity index (χ2v) is 7.38. The molecule has 0 saturated heterocycles. The Morgan fingerprint density at radius 2 is 1.81 bits per heavy atom. The summed E-state index contributed by atoms with van der Waals surface area (Å²) >= 11 is 0. The molecule has 2 aliphatic rings. The van der Waals surface area contributed by atoms with Gasteiger partial charge in [0.25, 0.3) is 0 Å². The van der Waals surface area contributed by atoms with Crippen molar-refractivity contribution in [1.29, 1.82) is 0 Å². The van der Waals surface area contributed by atoms with Gasteiger partial charge in [-0.3, -0.25) is 0 Å². The van der Waals surface area contributed by atoms with Crippen molar-refractivity contribution in [2.75, 3.05) is 19.5 Å². The molecule has 116 valence electrons. The monoisotopic (exact) mass is 289 g/mol. The van der Waals surface area contributed by atoms with Crippen molar-refractivity contribution < 1.29 is 9.47 Å². The second-order valence-electron chi connectivity index (χ2n) is 7.38. The molecule has 1 N–H and O–H groups in total. The fourth-order valence-corrected chi connectivity index (χ4v) is 4.55. The van der Waals surface area contributed by atoms with Gasteiger partial charge in [0.15, 0.2) is 11.5 Å². The highest BCUT2D eigenvalue weighted by Crippen LogP contribution is 2.65. The van der Waals surface area contributed by atoms with E-state index in [-0.39, 0.29) is 0 Å². The van der Waals surface area contributed by atoms with Gasteiger partial charge in [-0.2, -0.15) is 0 Å². The van der Waals surface area contributed by atoms with E-state index in [9.17, 15) is 0 Å². The summed E-state index contributed by atoms with van der Waals surface area (Å²) in [5.74, 6) is 2.41. The molecule has 3 nitrogen and oxygen atoms in total. The van der Waals surface area contributed by atoms with E-state index in [0.29, 0.717) is 16.9 Å². The molecule has 0 heterocycles. The molecule has 1 aromatic rings. The molecule has 0 spiro atoms. The van der Waals surface area contributed by atoms with Crippen LogP contribution < -0.4 is 14.8 Å². The molecule has 3 rings (SSSR count). The largest absolute Gasteiger partial charge is 0.493 e. The summed E-state index contributed by atoms with van der Waals surface area (Å²) in [6.07, 6.45) is 3.99. The predicted molar refractivity (Wildman–Crippen MR) is 86.2 cm³/mol. The minimum atomic E-state index is 0.380. The number of benzene rings is 1. The van der Waals surface area contributed by atoms with E-state index < -0.39 is 0 Å². The van der Waals surface area contributed by atoms with E-state index in [2.05, 4.69) is 32.2 Å². The first-order valence-electron chi connectivity index (χ1n) is 7.91. The van der Waals surface area contributed by atoms with Crippen molar-refractivity contribution in [3.05, 3.63) is 18.2 Å². The van der Waals surface area contributed by atoms with Crippen LogP contribution in [0.5, 0.6) is 11.5 Å². The van der Waals surface area contributed by atoms with Crippen molar-refractivity contribution in [2.45, 2.75) is 46.1 Å². The van der Waals surface area contributed by atoms with Crippen LogP contribution in [0.25, 0.3) is 0 Å². The highest BCUT2D eigenvalue weighted by Gasteiger charge is 2.61. The van der Waals surface area contributed by atoms with Gasteiger partial charge < -0.3 is 14.8 Å². The number of anilines is 1. The van der Waals surface area contributed by atoms with Gasteiger partial charge >= 0.3 is 0 Å². The minimum Gasteiger partial charge on any atom is -0.493 e. The summed E-state index contributed by atoms with van der Waals surface area (Å²) in [5, 5.41) is 3.76. The van der Waals surface area contributed by atoms with Crippen molar-refractivity contribution >= 4 is 5.69 Å². The lowest BCUT2D eigenvalue weighted by Gasteiger charge is -2.40. The van der Waals surface area contributed by atoms with Crippen LogP contribution in [0.4, 0.5) is 5.69 Å². The molecular weight excluding hydrogens is 262 g/mol. The van der Waals surface area contributed by atoms with Crippen LogP contribution >= 0.6 is 0 Å². The molecule has 3 unspecified atom stereocenters. The zero-order valence-electron chi connectivity index (χ0n) is 13.8. The van der Waals surface area contributed by atoms with Crippen LogP contribution in [-0.4, -0.2) is 20.3 Å². The fraction of sp³-hybridized carbons (Fsp3) is 0.667. The van der Waals surface area contributed by atoms with Gasteiger partial charge in [-0.05, 0) is 48.1 Å². The molecule has 3 heteroatoms. The molecule has 2 aliphatic carbocycles. The van der Waals surface area contributed by atoms with Gasteiger partial charge in [-0.1, -0.05) is 20.8 Å². The molecule has 1 aromatic carbocycles. The Morgan fingerprint density at radius 3 is 2.33 bits per heavy atom. The zero-order chi connectivity index (χ0) is 15.3. The summed E-state index contributed by atoms with van der Waals surface area (Å²) in [6, 6.07) is 6.65. The van der Waals surface area contributed by atoms with Gasteiger partial charge in [0.1, 0.15) is 0 Å². The number of hydrogen-bond acceptors (Lipinski definition) is 3. The molecule has 3 atom stereocenters. The average Bonchev–Trinajstić information content (AvgIpc) is 2.80. The maximum absolute atomic E-state index is 5.40. The Labute approximate surface area is 128 Å². The third-order valence-corrected chi connectivity index (χ3v) is 6.52. The minimum absolute atomic E-state index is 0.380. The molecule has 0 radical (unpaired) electrons. The third-order valence-electron chi connectivity index (χ3n) is 6.52. The van der Waals surface area contributed by atoms with Gasteiger partial charge in [0, 0.05) is 17.8 Å². The van der Waals surface area contributed by atoms with Crippen LogP contribution in [0.1, 0.15) is 40.0 Å². The normalized spacial score (nSPS) is 33.0. The first kappa shape index (κ1) is 14.6. The Kier molecular flexibility index (Phi) is 3.34. The van der Waals surface area contributed by atoms with Crippen LogP contribution in [0, 0.1) is 16.7 Å². The highest BCUT2D eigenvalue weighted by molar-refractivity contribution is 5.55. The molecular formula is C18H27NO2. The Bertz CT molecular complexity index is 540. The Hall–Kier alpha value is -1.38. The first-order chi connectivity index (χ1) is 9.92. The SMILES string of the molecule is COc1ccc(NC2CC3CCC2(C)C3(C)C)cc1OC. The zero-order valence-corrected chi connectivity index (χ0v) is 13.8. The smallest absolute Gasteiger partial charge is 0.162 e.